The van der Waals surface area contributed by atoms with Gasteiger partial charge in [0.05, 0.1) is 12.8 Å². The van der Waals surface area contributed by atoms with E-state index >= 15 is 0 Å². The number of carbonyl (C=O) groups excluding carboxylic acids is 4. The summed E-state index contributed by atoms with van der Waals surface area (Å²) in [6.07, 6.45) is 0.174. The Morgan fingerprint density at radius 2 is 1.60 bits per heavy atom. The van der Waals surface area contributed by atoms with Gasteiger partial charge >= 0.3 is 0 Å². The fraction of sp³-hybridized carbons (Fsp3) is 0.556. The molecule has 0 bridgehead atoms. The van der Waals surface area contributed by atoms with Crippen molar-refractivity contribution in [3.05, 3.63) is 0 Å². The summed E-state index contributed by atoms with van der Waals surface area (Å²) in [6, 6.07) is 0. The molecule has 0 aliphatic carbocycles. The lowest BCUT2D eigenvalue weighted by molar-refractivity contribution is -0.128. The third kappa shape index (κ3) is 8.61. The molecule has 0 rings (SSSR count). The molecule has 84 valence electrons. The van der Waals surface area contributed by atoms with Gasteiger partial charge in [-0.25, -0.2) is 0 Å². The van der Waals surface area contributed by atoms with Crippen LogP contribution in [0.15, 0.2) is 0 Å². The zero-order chi connectivity index (χ0) is 11.7. The summed E-state index contributed by atoms with van der Waals surface area (Å²) in [4.78, 5) is 42.1. The van der Waals surface area contributed by atoms with Crippen molar-refractivity contribution in [3.63, 3.8) is 0 Å². The van der Waals surface area contributed by atoms with E-state index in [1.54, 1.807) is 0 Å². The van der Waals surface area contributed by atoms with Gasteiger partial charge in [0.2, 0.25) is 11.8 Å². The van der Waals surface area contributed by atoms with Crippen LogP contribution in [-0.4, -0.2) is 37.0 Å². The highest BCUT2D eigenvalue weighted by molar-refractivity contribution is 5.96. The first-order valence-electron chi connectivity index (χ1n) is 4.52. The van der Waals surface area contributed by atoms with Gasteiger partial charge in [0.15, 0.2) is 0 Å². The zero-order valence-electron chi connectivity index (χ0n) is 8.54. The minimum Gasteiger partial charge on any atom is -0.354 e. The lowest BCUT2D eigenvalue weighted by Crippen LogP contribution is -2.35. The Labute approximate surface area is 87.4 Å². The molecule has 0 spiro atoms. The molecule has 2 amide bonds. The third-order valence-corrected chi connectivity index (χ3v) is 1.45. The number of hydrogen-bond acceptors (Lipinski definition) is 4. The van der Waals surface area contributed by atoms with Crippen LogP contribution in [0.25, 0.3) is 0 Å². The van der Waals surface area contributed by atoms with Crippen molar-refractivity contribution in [1.82, 2.24) is 10.6 Å². The standard InChI is InChI=1S/C9H14N2O4/c1-7(13)6-9(15)11-4-3-10-8(14)2-5-12/h5H,2-4,6H2,1H3,(H,10,14)(H,11,15). The largest absolute Gasteiger partial charge is 0.354 e. The summed E-state index contributed by atoms with van der Waals surface area (Å²) in [5.41, 5.74) is 0. The third-order valence-electron chi connectivity index (χ3n) is 1.45. The van der Waals surface area contributed by atoms with E-state index in [0.717, 1.165) is 0 Å². The highest BCUT2D eigenvalue weighted by Crippen LogP contribution is 1.80. The Morgan fingerprint density at radius 3 is 2.07 bits per heavy atom. The highest BCUT2D eigenvalue weighted by atomic mass is 16.2. The van der Waals surface area contributed by atoms with Crippen LogP contribution >= 0.6 is 0 Å². The molecular formula is C9H14N2O4. The van der Waals surface area contributed by atoms with E-state index in [1.165, 1.54) is 6.92 Å². The molecule has 2 N–H and O–H groups in total. The molecule has 0 atom stereocenters. The molecule has 0 aromatic heterocycles. The molecule has 0 aliphatic rings. The Kier molecular flexibility index (Phi) is 6.78. The Hall–Kier alpha value is -1.72. The van der Waals surface area contributed by atoms with Crippen molar-refractivity contribution in [2.24, 2.45) is 0 Å². The second-order valence-electron chi connectivity index (χ2n) is 2.95. The first-order valence-corrected chi connectivity index (χ1v) is 4.52. The molecule has 0 aromatic rings. The quantitative estimate of drug-likeness (QED) is 0.316. The molecule has 0 heterocycles. The van der Waals surface area contributed by atoms with Crippen molar-refractivity contribution in [2.45, 2.75) is 19.8 Å². The molecule has 0 radical (unpaired) electrons. The number of nitrogens with one attached hydrogen (secondary N) is 2. The van der Waals surface area contributed by atoms with E-state index in [9.17, 15) is 19.2 Å². The minimum absolute atomic E-state index is 0.151. The number of amides is 2. The van der Waals surface area contributed by atoms with Crippen molar-refractivity contribution < 1.29 is 19.2 Å². The monoisotopic (exact) mass is 214 g/mol. The molecule has 0 saturated heterocycles. The van der Waals surface area contributed by atoms with Crippen molar-refractivity contribution >= 4 is 23.9 Å². The summed E-state index contributed by atoms with van der Waals surface area (Å²) in [7, 11) is 0. The van der Waals surface area contributed by atoms with Gasteiger partial charge in [-0.1, -0.05) is 0 Å². The van der Waals surface area contributed by atoms with Gasteiger partial charge in [-0.2, -0.15) is 0 Å². The maximum atomic E-state index is 10.9. The first-order chi connectivity index (χ1) is 7.06. The second-order valence-corrected chi connectivity index (χ2v) is 2.95. The Bertz CT molecular complexity index is 263. The summed E-state index contributed by atoms with van der Waals surface area (Å²) >= 11 is 0. The summed E-state index contributed by atoms with van der Waals surface area (Å²) < 4.78 is 0. The number of Topliss-reactive ketones (excluding diaryl/α,β-unsaturated/α-hetero) is 1. The molecule has 0 fully saturated rings. The predicted molar refractivity (Wildman–Crippen MR) is 52.0 cm³/mol. The smallest absolute Gasteiger partial charge is 0.227 e. The van der Waals surface area contributed by atoms with Crippen molar-refractivity contribution in [1.29, 1.82) is 0 Å². The normalized spacial score (nSPS) is 9.13. The van der Waals surface area contributed by atoms with Crippen molar-refractivity contribution in [3.8, 4) is 0 Å². The molecule has 0 unspecified atom stereocenters. The first kappa shape index (κ1) is 13.3. The molecule has 0 aliphatic heterocycles. The molecule has 0 aromatic carbocycles. The average Bonchev–Trinajstić information content (AvgIpc) is 2.12. The predicted octanol–water partition coefficient (Wildman–Crippen LogP) is -1.21. The number of hydrogen-bond donors (Lipinski definition) is 2. The number of rotatable bonds is 7. The lowest BCUT2D eigenvalue weighted by atomic mass is 10.3. The van der Waals surface area contributed by atoms with Crippen LogP contribution in [0.3, 0.4) is 0 Å². The molecular weight excluding hydrogens is 200 g/mol. The van der Waals surface area contributed by atoms with E-state index in [4.69, 9.17) is 0 Å². The van der Waals surface area contributed by atoms with E-state index in [-0.39, 0.29) is 43.5 Å². The average molecular weight is 214 g/mol. The van der Waals surface area contributed by atoms with Gasteiger partial charge in [0.25, 0.3) is 0 Å². The van der Waals surface area contributed by atoms with Crippen LogP contribution in [0, 0.1) is 0 Å². The fourth-order valence-corrected chi connectivity index (χ4v) is 0.840. The molecule has 15 heavy (non-hydrogen) atoms. The van der Waals surface area contributed by atoms with E-state index < -0.39 is 0 Å². The fourth-order valence-electron chi connectivity index (χ4n) is 0.840. The van der Waals surface area contributed by atoms with Crippen LogP contribution in [0.2, 0.25) is 0 Å². The molecule has 0 saturated carbocycles. The van der Waals surface area contributed by atoms with Crippen molar-refractivity contribution in [2.75, 3.05) is 13.1 Å². The van der Waals surface area contributed by atoms with Crippen LogP contribution in [0.5, 0.6) is 0 Å². The van der Waals surface area contributed by atoms with Crippen LogP contribution < -0.4 is 10.6 Å². The van der Waals surface area contributed by atoms with Gasteiger partial charge in [0.1, 0.15) is 12.1 Å². The van der Waals surface area contributed by atoms with Crippen LogP contribution in [-0.2, 0) is 19.2 Å². The maximum Gasteiger partial charge on any atom is 0.227 e. The van der Waals surface area contributed by atoms with Crippen LogP contribution in [0.4, 0.5) is 0 Å². The van der Waals surface area contributed by atoms with Gasteiger partial charge in [-0.15, -0.1) is 0 Å². The number of carbonyl (C=O) groups is 4. The molecule has 6 heteroatoms. The van der Waals surface area contributed by atoms with E-state index in [2.05, 4.69) is 10.6 Å². The zero-order valence-corrected chi connectivity index (χ0v) is 8.54. The number of aldehydes is 1. The SMILES string of the molecule is CC(=O)CC(=O)NCCNC(=O)CC=O. The molecule has 6 nitrogen and oxygen atoms in total. The highest BCUT2D eigenvalue weighted by Gasteiger charge is 2.04. The maximum absolute atomic E-state index is 10.9. The topological polar surface area (TPSA) is 92.3 Å². The Morgan fingerprint density at radius 1 is 1.07 bits per heavy atom. The van der Waals surface area contributed by atoms with E-state index in [1.807, 2.05) is 0 Å². The van der Waals surface area contributed by atoms with E-state index in [0.29, 0.717) is 6.29 Å². The second kappa shape index (κ2) is 7.66. The minimum atomic E-state index is -0.384. The van der Waals surface area contributed by atoms with Gasteiger partial charge in [-0.3, -0.25) is 14.4 Å². The van der Waals surface area contributed by atoms with Gasteiger partial charge in [0, 0.05) is 13.1 Å². The van der Waals surface area contributed by atoms with Crippen LogP contribution in [0.1, 0.15) is 19.8 Å². The Balaban J connectivity index is 3.45. The summed E-state index contributed by atoms with van der Waals surface area (Å²) in [5.74, 6) is -0.963. The van der Waals surface area contributed by atoms with Gasteiger partial charge < -0.3 is 15.4 Å². The number of ketones is 1. The summed E-state index contributed by atoms with van der Waals surface area (Å²) in [6.45, 7) is 1.82. The van der Waals surface area contributed by atoms with Gasteiger partial charge in [-0.05, 0) is 6.92 Å². The summed E-state index contributed by atoms with van der Waals surface area (Å²) in [5, 5.41) is 4.87. The lowest BCUT2D eigenvalue weighted by Gasteiger charge is -2.04.